The molecule has 4 aliphatic rings. The smallest absolute Gasteiger partial charge is 0.124 e. The summed E-state index contributed by atoms with van der Waals surface area (Å²) >= 11 is 3.61. The highest BCUT2D eigenvalue weighted by Gasteiger charge is 2.50. The molecule has 4 aliphatic carbocycles. The lowest BCUT2D eigenvalue weighted by Crippen LogP contribution is -2.58. The van der Waals surface area contributed by atoms with Crippen LogP contribution in [0, 0.1) is 17.8 Å². The van der Waals surface area contributed by atoms with Crippen LogP contribution < -0.4 is 10.1 Å². The monoisotopic (exact) mass is 377 g/mol. The van der Waals surface area contributed by atoms with Crippen molar-refractivity contribution in [2.24, 2.45) is 17.8 Å². The summed E-state index contributed by atoms with van der Waals surface area (Å²) in [5, 5.41) is 3.98. The summed E-state index contributed by atoms with van der Waals surface area (Å²) in [6.07, 6.45) is 8.90. The SMILES string of the molecule is CC(C)Oc1ccc(Br)cc1CNC12CC3CC(CC(C3)C1)C2. The fraction of sp³-hybridized carbons (Fsp3) is 0.700. The maximum Gasteiger partial charge on any atom is 0.124 e. The number of rotatable bonds is 5. The summed E-state index contributed by atoms with van der Waals surface area (Å²) in [5.74, 6) is 3.99. The quantitative estimate of drug-likeness (QED) is 0.751. The molecule has 0 unspecified atom stereocenters. The van der Waals surface area contributed by atoms with Crippen LogP contribution in [0.15, 0.2) is 22.7 Å². The fourth-order valence-corrected chi connectivity index (χ4v) is 6.07. The molecular formula is C20H28BrNO. The molecule has 4 saturated carbocycles. The third-order valence-electron chi connectivity index (χ3n) is 6.08. The van der Waals surface area contributed by atoms with Gasteiger partial charge in [0.05, 0.1) is 6.10 Å². The van der Waals surface area contributed by atoms with Crippen molar-refractivity contribution in [1.82, 2.24) is 5.32 Å². The van der Waals surface area contributed by atoms with E-state index in [-0.39, 0.29) is 6.10 Å². The Labute approximate surface area is 148 Å². The van der Waals surface area contributed by atoms with Crippen LogP contribution in [0.4, 0.5) is 0 Å². The highest BCUT2D eigenvalue weighted by atomic mass is 79.9. The fourth-order valence-electron chi connectivity index (χ4n) is 5.66. The average Bonchev–Trinajstić information content (AvgIpc) is 2.46. The van der Waals surface area contributed by atoms with Crippen molar-refractivity contribution in [2.45, 2.75) is 70.6 Å². The molecule has 1 N–H and O–H groups in total. The zero-order valence-corrected chi connectivity index (χ0v) is 15.9. The van der Waals surface area contributed by atoms with Gasteiger partial charge in [0, 0.05) is 22.1 Å². The molecule has 1 aromatic carbocycles. The van der Waals surface area contributed by atoms with Gasteiger partial charge in [0.25, 0.3) is 0 Å². The maximum atomic E-state index is 6.01. The molecule has 4 bridgehead atoms. The van der Waals surface area contributed by atoms with E-state index in [4.69, 9.17) is 4.74 Å². The molecule has 0 heterocycles. The molecule has 0 radical (unpaired) electrons. The van der Waals surface area contributed by atoms with E-state index >= 15 is 0 Å². The third-order valence-corrected chi connectivity index (χ3v) is 6.57. The second kappa shape index (κ2) is 6.07. The molecule has 0 aliphatic heterocycles. The van der Waals surface area contributed by atoms with Crippen molar-refractivity contribution < 1.29 is 4.74 Å². The number of halogens is 1. The number of nitrogens with one attached hydrogen (secondary N) is 1. The maximum absolute atomic E-state index is 6.01. The van der Waals surface area contributed by atoms with E-state index in [1.807, 2.05) is 0 Å². The van der Waals surface area contributed by atoms with Crippen molar-refractivity contribution in [2.75, 3.05) is 0 Å². The van der Waals surface area contributed by atoms with Crippen LogP contribution in [-0.2, 0) is 6.54 Å². The van der Waals surface area contributed by atoms with Gasteiger partial charge in [0.1, 0.15) is 5.75 Å². The van der Waals surface area contributed by atoms with Crippen LogP contribution in [-0.4, -0.2) is 11.6 Å². The minimum Gasteiger partial charge on any atom is -0.491 e. The molecule has 0 amide bonds. The van der Waals surface area contributed by atoms with Gasteiger partial charge in [-0.25, -0.2) is 0 Å². The van der Waals surface area contributed by atoms with Gasteiger partial charge in [-0.2, -0.15) is 0 Å². The zero-order valence-electron chi connectivity index (χ0n) is 14.3. The van der Waals surface area contributed by atoms with Gasteiger partial charge in [0.2, 0.25) is 0 Å². The van der Waals surface area contributed by atoms with Crippen molar-refractivity contribution in [3.05, 3.63) is 28.2 Å². The summed E-state index contributed by atoms with van der Waals surface area (Å²) < 4.78 is 7.15. The van der Waals surface area contributed by atoms with E-state index in [2.05, 4.69) is 53.3 Å². The highest BCUT2D eigenvalue weighted by Crippen LogP contribution is 2.55. The lowest BCUT2D eigenvalue weighted by atomic mass is 9.53. The van der Waals surface area contributed by atoms with Crippen molar-refractivity contribution >= 4 is 15.9 Å². The molecular weight excluding hydrogens is 350 g/mol. The van der Waals surface area contributed by atoms with E-state index in [1.165, 1.54) is 44.1 Å². The predicted molar refractivity (Wildman–Crippen MR) is 97.6 cm³/mol. The Balaban J connectivity index is 1.50. The van der Waals surface area contributed by atoms with Gasteiger partial charge in [-0.15, -0.1) is 0 Å². The molecule has 23 heavy (non-hydrogen) atoms. The normalized spacial score (nSPS) is 35.0. The summed E-state index contributed by atoms with van der Waals surface area (Å²) in [4.78, 5) is 0. The number of benzene rings is 1. The molecule has 0 spiro atoms. The minimum atomic E-state index is 0.217. The highest BCUT2D eigenvalue weighted by molar-refractivity contribution is 9.10. The molecule has 0 saturated heterocycles. The van der Waals surface area contributed by atoms with Crippen LogP contribution in [0.5, 0.6) is 5.75 Å². The summed E-state index contributed by atoms with van der Waals surface area (Å²) in [6.45, 7) is 5.12. The van der Waals surface area contributed by atoms with Crippen LogP contribution in [0.3, 0.4) is 0 Å². The summed E-state index contributed by atoms with van der Waals surface area (Å²) in [6, 6.07) is 6.39. The second-order valence-electron chi connectivity index (χ2n) is 8.47. The largest absolute Gasteiger partial charge is 0.491 e. The molecule has 126 valence electrons. The van der Waals surface area contributed by atoms with Crippen molar-refractivity contribution in [3.63, 3.8) is 0 Å². The van der Waals surface area contributed by atoms with E-state index in [9.17, 15) is 0 Å². The van der Waals surface area contributed by atoms with Gasteiger partial charge in [-0.3, -0.25) is 0 Å². The van der Waals surface area contributed by atoms with Crippen LogP contribution in [0.2, 0.25) is 0 Å². The van der Waals surface area contributed by atoms with Crippen molar-refractivity contribution in [1.29, 1.82) is 0 Å². The van der Waals surface area contributed by atoms with Crippen LogP contribution >= 0.6 is 15.9 Å². The summed E-state index contributed by atoms with van der Waals surface area (Å²) in [7, 11) is 0. The Hall–Kier alpha value is -0.540. The second-order valence-corrected chi connectivity index (χ2v) is 9.39. The number of hydrogen-bond acceptors (Lipinski definition) is 2. The third kappa shape index (κ3) is 3.32. The van der Waals surface area contributed by atoms with Gasteiger partial charge in [0.15, 0.2) is 0 Å². The van der Waals surface area contributed by atoms with Crippen molar-refractivity contribution in [3.8, 4) is 5.75 Å². The Kier molecular flexibility index (Phi) is 4.21. The van der Waals surface area contributed by atoms with E-state index in [1.54, 1.807) is 0 Å². The molecule has 5 rings (SSSR count). The molecule has 2 nitrogen and oxygen atoms in total. The van der Waals surface area contributed by atoms with Gasteiger partial charge < -0.3 is 10.1 Å². The lowest BCUT2D eigenvalue weighted by Gasteiger charge is -2.57. The van der Waals surface area contributed by atoms with E-state index < -0.39 is 0 Å². The first-order chi connectivity index (χ1) is 11.0. The number of hydrogen-bond donors (Lipinski definition) is 1. The lowest BCUT2D eigenvalue weighted by molar-refractivity contribution is -0.0206. The molecule has 1 aromatic rings. The van der Waals surface area contributed by atoms with Crippen LogP contribution in [0.1, 0.15) is 57.9 Å². The first-order valence-electron chi connectivity index (χ1n) is 9.21. The first kappa shape index (κ1) is 16.0. The van der Waals surface area contributed by atoms with E-state index in [0.29, 0.717) is 5.54 Å². The van der Waals surface area contributed by atoms with Gasteiger partial charge in [-0.1, -0.05) is 15.9 Å². The van der Waals surface area contributed by atoms with Gasteiger partial charge in [-0.05, 0) is 88.3 Å². The molecule has 0 aromatic heterocycles. The Morgan fingerprint density at radius 3 is 2.30 bits per heavy atom. The Morgan fingerprint density at radius 1 is 1.13 bits per heavy atom. The standard InChI is InChI=1S/C20H28BrNO/c1-13(2)23-19-4-3-18(21)8-17(19)12-22-20-9-14-5-15(10-20)7-16(6-14)11-20/h3-4,8,13-16,22H,5-7,9-12H2,1-2H3. The summed E-state index contributed by atoms with van der Waals surface area (Å²) in [5.41, 5.74) is 1.69. The predicted octanol–water partition coefficient (Wildman–Crippen LogP) is 5.29. The molecule has 3 heteroatoms. The van der Waals surface area contributed by atoms with Crippen LogP contribution in [0.25, 0.3) is 0 Å². The van der Waals surface area contributed by atoms with Gasteiger partial charge >= 0.3 is 0 Å². The topological polar surface area (TPSA) is 21.3 Å². The average molecular weight is 378 g/mol. The first-order valence-corrected chi connectivity index (χ1v) is 10.0. The van der Waals surface area contributed by atoms with E-state index in [0.717, 1.165) is 34.5 Å². The number of ether oxygens (including phenoxy) is 1. The Morgan fingerprint density at radius 2 is 1.74 bits per heavy atom. The Bertz CT molecular complexity index is 548. The molecule has 0 atom stereocenters. The minimum absolute atomic E-state index is 0.217. The zero-order chi connectivity index (χ0) is 16.0. The molecule has 4 fully saturated rings.